The lowest BCUT2D eigenvalue weighted by atomic mass is 9.96. The molecule has 6 heteroatoms. The zero-order valence-corrected chi connectivity index (χ0v) is 22.8. The molecule has 0 amide bonds. The van der Waals surface area contributed by atoms with E-state index in [1.54, 1.807) is 0 Å². The molecule has 2 aromatic heterocycles. The zero-order valence-electron chi connectivity index (χ0n) is 22.0. The number of benzene rings is 2. The van der Waals surface area contributed by atoms with Crippen molar-refractivity contribution >= 4 is 23.0 Å². The summed E-state index contributed by atoms with van der Waals surface area (Å²) in [5.41, 5.74) is 9.66. The van der Waals surface area contributed by atoms with Gasteiger partial charge in [0.05, 0.1) is 17.8 Å². The van der Waals surface area contributed by atoms with Crippen LogP contribution in [0.2, 0.25) is 0 Å². The van der Waals surface area contributed by atoms with Crippen LogP contribution in [0, 0.1) is 27.7 Å². The van der Waals surface area contributed by atoms with E-state index in [-0.39, 0.29) is 12.1 Å². The summed E-state index contributed by atoms with van der Waals surface area (Å²) >= 11 is 5.91. The van der Waals surface area contributed by atoms with Crippen LogP contribution in [0.1, 0.15) is 52.3 Å². The van der Waals surface area contributed by atoms with Gasteiger partial charge in [-0.3, -0.25) is 4.98 Å². The Labute approximate surface area is 225 Å². The smallest absolute Gasteiger partial charge is 0.170 e. The van der Waals surface area contributed by atoms with Crippen LogP contribution in [0.3, 0.4) is 0 Å². The summed E-state index contributed by atoms with van der Waals surface area (Å²) in [4.78, 5) is 7.07. The summed E-state index contributed by atoms with van der Waals surface area (Å²) in [6.07, 6.45) is 2.83. The average Bonchev–Trinajstić information content (AvgIpc) is 3.37. The highest BCUT2D eigenvalue weighted by atomic mass is 32.1. The number of aromatic nitrogens is 2. The predicted octanol–water partition coefficient (Wildman–Crippen LogP) is 6.58. The van der Waals surface area contributed by atoms with Crippen LogP contribution in [0.25, 0.3) is 5.69 Å². The van der Waals surface area contributed by atoms with Gasteiger partial charge in [0.15, 0.2) is 5.11 Å². The van der Waals surface area contributed by atoms with Crippen LogP contribution in [-0.4, -0.2) is 32.7 Å². The van der Waals surface area contributed by atoms with E-state index < -0.39 is 0 Å². The SMILES string of the molecule is Cc1cc(C)cc(-n2c(C)cc([C@@H]3[C@H](c4ccccn4)NC(=S)N3CCCNc3ccccc3)c2C)c1. The normalized spacial score (nSPS) is 17.2. The van der Waals surface area contributed by atoms with Crippen molar-refractivity contribution in [2.75, 3.05) is 18.4 Å². The number of hydrogen-bond donors (Lipinski definition) is 2. The van der Waals surface area contributed by atoms with Crippen molar-refractivity contribution in [3.05, 3.63) is 113 Å². The van der Waals surface area contributed by atoms with Crippen molar-refractivity contribution in [1.82, 2.24) is 19.8 Å². The predicted molar refractivity (Wildman–Crippen MR) is 156 cm³/mol. The molecular formula is C31H35N5S. The molecule has 3 heterocycles. The standard InChI is InChI=1S/C31H35N5S/c1-21-17-22(2)19-26(18-21)36-23(3)20-27(24(36)4)30-29(28-13-8-9-14-33-28)34-31(37)35(30)16-10-15-32-25-11-6-5-7-12-25/h5-9,11-14,17-20,29-30,32H,10,15-16H2,1-4H3,(H,34,37)/t29-,30+/m0/s1. The van der Waals surface area contributed by atoms with Gasteiger partial charge in [-0.05, 0) is 105 Å². The van der Waals surface area contributed by atoms with Gasteiger partial charge in [-0.25, -0.2) is 0 Å². The van der Waals surface area contributed by atoms with Gasteiger partial charge in [-0.2, -0.15) is 0 Å². The fourth-order valence-corrected chi connectivity index (χ4v) is 5.92. The van der Waals surface area contributed by atoms with Crippen LogP contribution < -0.4 is 10.6 Å². The van der Waals surface area contributed by atoms with E-state index in [4.69, 9.17) is 17.2 Å². The molecule has 1 aliphatic rings. The lowest BCUT2D eigenvalue weighted by molar-refractivity contribution is 0.315. The first-order valence-corrected chi connectivity index (χ1v) is 13.4. The first-order valence-electron chi connectivity index (χ1n) is 13.0. The monoisotopic (exact) mass is 509 g/mol. The molecule has 2 atom stereocenters. The summed E-state index contributed by atoms with van der Waals surface area (Å²) in [5.74, 6) is 0. The molecule has 1 fully saturated rings. The summed E-state index contributed by atoms with van der Waals surface area (Å²) in [6.45, 7) is 10.5. The number of nitrogens with one attached hydrogen (secondary N) is 2. The molecule has 5 rings (SSSR count). The third kappa shape index (κ3) is 5.25. The van der Waals surface area contributed by atoms with Crippen LogP contribution in [0.4, 0.5) is 5.69 Å². The van der Waals surface area contributed by atoms with Crippen molar-refractivity contribution in [3.63, 3.8) is 0 Å². The maximum Gasteiger partial charge on any atom is 0.170 e. The van der Waals surface area contributed by atoms with Gasteiger partial charge in [-0.1, -0.05) is 30.3 Å². The molecule has 4 aromatic rings. The molecule has 2 aromatic carbocycles. The largest absolute Gasteiger partial charge is 0.385 e. The van der Waals surface area contributed by atoms with Crippen molar-refractivity contribution in [1.29, 1.82) is 0 Å². The molecule has 0 bridgehead atoms. The first kappa shape index (κ1) is 25.0. The Morgan fingerprint density at radius 1 is 0.919 bits per heavy atom. The van der Waals surface area contributed by atoms with Gasteiger partial charge in [0.1, 0.15) is 0 Å². The van der Waals surface area contributed by atoms with E-state index >= 15 is 0 Å². The van der Waals surface area contributed by atoms with Gasteiger partial charge in [0.25, 0.3) is 0 Å². The van der Waals surface area contributed by atoms with E-state index in [0.29, 0.717) is 0 Å². The van der Waals surface area contributed by atoms with Gasteiger partial charge in [0.2, 0.25) is 0 Å². The van der Waals surface area contributed by atoms with Crippen molar-refractivity contribution in [3.8, 4) is 5.69 Å². The second-order valence-electron chi connectivity index (χ2n) is 9.97. The molecule has 2 N–H and O–H groups in total. The number of anilines is 1. The van der Waals surface area contributed by atoms with Crippen LogP contribution in [0.5, 0.6) is 0 Å². The van der Waals surface area contributed by atoms with Gasteiger partial charge >= 0.3 is 0 Å². The van der Waals surface area contributed by atoms with Crippen molar-refractivity contribution < 1.29 is 0 Å². The van der Waals surface area contributed by atoms with E-state index in [0.717, 1.165) is 36.0 Å². The second kappa shape index (κ2) is 10.8. The van der Waals surface area contributed by atoms with Crippen molar-refractivity contribution in [2.24, 2.45) is 0 Å². The number of thiocarbonyl (C=S) groups is 1. The summed E-state index contributed by atoms with van der Waals surface area (Å²) < 4.78 is 2.38. The minimum atomic E-state index is -0.0102. The molecule has 5 nitrogen and oxygen atoms in total. The molecule has 0 radical (unpaired) electrons. The van der Waals surface area contributed by atoms with Gasteiger partial charge < -0.3 is 20.1 Å². The maximum absolute atomic E-state index is 5.91. The first-order chi connectivity index (χ1) is 17.9. The van der Waals surface area contributed by atoms with E-state index in [2.05, 4.69) is 108 Å². The topological polar surface area (TPSA) is 45.1 Å². The van der Waals surface area contributed by atoms with Gasteiger partial charge in [-0.15, -0.1) is 0 Å². The Kier molecular flexibility index (Phi) is 7.28. The second-order valence-corrected chi connectivity index (χ2v) is 10.4. The number of hydrogen-bond acceptors (Lipinski definition) is 3. The highest BCUT2D eigenvalue weighted by Gasteiger charge is 2.41. The highest BCUT2D eigenvalue weighted by molar-refractivity contribution is 7.80. The highest BCUT2D eigenvalue weighted by Crippen LogP contribution is 2.41. The molecule has 190 valence electrons. The molecule has 37 heavy (non-hydrogen) atoms. The molecule has 1 saturated heterocycles. The Morgan fingerprint density at radius 2 is 1.65 bits per heavy atom. The molecule has 0 unspecified atom stereocenters. The minimum absolute atomic E-state index is 0.0102. The van der Waals surface area contributed by atoms with E-state index in [1.807, 2.05) is 18.3 Å². The summed E-state index contributed by atoms with van der Waals surface area (Å²) in [5, 5.41) is 7.93. The summed E-state index contributed by atoms with van der Waals surface area (Å²) in [7, 11) is 0. The van der Waals surface area contributed by atoms with Crippen LogP contribution in [0.15, 0.2) is 79.0 Å². The zero-order chi connectivity index (χ0) is 25.9. The Bertz CT molecular complexity index is 1360. The van der Waals surface area contributed by atoms with E-state index in [9.17, 15) is 0 Å². The van der Waals surface area contributed by atoms with E-state index in [1.165, 1.54) is 33.8 Å². The Morgan fingerprint density at radius 3 is 2.35 bits per heavy atom. The lowest BCUT2D eigenvalue weighted by Crippen LogP contribution is -2.31. The molecule has 0 spiro atoms. The van der Waals surface area contributed by atoms with Crippen LogP contribution >= 0.6 is 12.2 Å². The number of para-hydroxylation sites is 1. The van der Waals surface area contributed by atoms with Crippen LogP contribution in [-0.2, 0) is 0 Å². The lowest BCUT2D eigenvalue weighted by Gasteiger charge is -2.28. The number of rotatable bonds is 8. The average molecular weight is 510 g/mol. The Hall–Kier alpha value is -3.64. The number of aryl methyl sites for hydroxylation is 3. The third-order valence-electron chi connectivity index (χ3n) is 7.13. The van der Waals surface area contributed by atoms with Crippen molar-refractivity contribution in [2.45, 2.75) is 46.2 Å². The number of nitrogens with zero attached hydrogens (tertiary/aromatic N) is 3. The maximum atomic E-state index is 5.91. The Balaban J connectivity index is 1.47. The molecule has 0 aliphatic carbocycles. The fourth-order valence-electron chi connectivity index (χ4n) is 5.59. The third-order valence-corrected chi connectivity index (χ3v) is 7.48. The number of pyridine rings is 1. The minimum Gasteiger partial charge on any atom is -0.385 e. The fraction of sp³-hybridized carbons (Fsp3) is 0.290. The summed E-state index contributed by atoms with van der Waals surface area (Å²) in [6, 6.07) is 25.6. The molecule has 1 aliphatic heterocycles. The molecule has 0 saturated carbocycles. The van der Waals surface area contributed by atoms with Gasteiger partial charge in [0, 0.05) is 42.0 Å². The quantitative estimate of drug-likeness (QED) is 0.207. The molecular weight excluding hydrogens is 474 g/mol.